The Balaban J connectivity index is 2.41. The fraction of sp³-hybridized carbons (Fsp3) is 0.545. The molecular formula is C11H18N2O. The number of nitrogens with zero attached hydrogens (tertiary/aromatic N) is 1. The molecule has 0 amide bonds. The molecule has 0 unspecified atom stereocenters. The highest BCUT2D eigenvalue weighted by Gasteiger charge is 2.00. The summed E-state index contributed by atoms with van der Waals surface area (Å²) < 4.78 is 5.20. The maximum Gasteiger partial charge on any atom is 0.141 e. The molecule has 1 rings (SSSR count). The number of ether oxygens (including phenoxy) is 1. The number of rotatable bonds is 6. The number of aromatic nitrogens is 1. The van der Waals surface area contributed by atoms with E-state index in [2.05, 4.69) is 17.2 Å². The summed E-state index contributed by atoms with van der Waals surface area (Å²) >= 11 is 0. The number of hydrogen-bond acceptors (Lipinski definition) is 3. The van der Waals surface area contributed by atoms with Crippen molar-refractivity contribution in [2.24, 2.45) is 0 Å². The van der Waals surface area contributed by atoms with Gasteiger partial charge in [0, 0.05) is 18.3 Å². The number of unbranched alkanes of at least 4 members (excludes halogenated alkanes) is 1. The first-order valence-corrected chi connectivity index (χ1v) is 5.06. The van der Waals surface area contributed by atoms with E-state index in [4.69, 9.17) is 4.74 Å². The van der Waals surface area contributed by atoms with Crippen LogP contribution < -0.4 is 10.1 Å². The lowest BCUT2D eigenvalue weighted by molar-refractivity contribution is 0.405. The van der Waals surface area contributed by atoms with Gasteiger partial charge in [-0.3, -0.25) is 4.98 Å². The topological polar surface area (TPSA) is 34.2 Å². The van der Waals surface area contributed by atoms with Crippen LogP contribution in [0.2, 0.25) is 0 Å². The lowest BCUT2D eigenvalue weighted by Gasteiger charge is -2.08. The van der Waals surface area contributed by atoms with E-state index < -0.39 is 0 Å². The third-order valence-corrected chi connectivity index (χ3v) is 2.11. The van der Waals surface area contributed by atoms with Gasteiger partial charge in [0.2, 0.25) is 0 Å². The minimum Gasteiger partial charge on any atom is -0.495 e. The van der Waals surface area contributed by atoms with Gasteiger partial charge in [-0.05, 0) is 19.0 Å². The zero-order chi connectivity index (χ0) is 10.2. The molecule has 3 nitrogen and oxygen atoms in total. The zero-order valence-corrected chi connectivity index (χ0v) is 8.92. The molecule has 0 saturated carbocycles. The molecule has 78 valence electrons. The maximum atomic E-state index is 5.20. The summed E-state index contributed by atoms with van der Waals surface area (Å²) in [6.07, 6.45) is 5.98. The highest BCUT2D eigenvalue weighted by molar-refractivity contribution is 5.29. The third-order valence-electron chi connectivity index (χ3n) is 2.11. The van der Waals surface area contributed by atoms with Crippen LogP contribution in [0.5, 0.6) is 5.75 Å². The molecule has 0 aliphatic heterocycles. The number of nitrogens with one attached hydrogen (secondary N) is 1. The predicted molar refractivity (Wildman–Crippen MR) is 57.4 cm³/mol. The summed E-state index contributed by atoms with van der Waals surface area (Å²) in [6.45, 7) is 4.10. The van der Waals surface area contributed by atoms with Crippen LogP contribution in [0.15, 0.2) is 18.5 Å². The molecule has 0 saturated heterocycles. The Labute approximate surface area is 85.5 Å². The van der Waals surface area contributed by atoms with Crippen molar-refractivity contribution in [1.29, 1.82) is 0 Å². The van der Waals surface area contributed by atoms with E-state index in [0.717, 1.165) is 18.8 Å². The largest absolute Gasteiger partial charge is 0.495 e. The number of pyridine rings is 1. The van der Waals surface area contributed by atoms with Crippen LogP contribution in [-0.4, -0.2) is 18.6 Å². The molecule has 1 heterocycles. The van der Waals surface area contributed by atoms with Crippen LogP contribution >= 0.6 is 0 Å². The van der Waals surface area contributed by atoms with Crippen LogP contribution in [0, 0.1) is 0 Å². The Bertz CT molecular complexity index is 263. The van der Waals surface area contributed by atoms with Crippen molar-refractivity contribution in [2.45, 2.75) is 26.3 Å². The Kier molecular flexibility index (Phi) is 5.00. The van der Waals surface area contributed by atoms with Crippen molar-refractivity contribution in [3.8, 4) is 5.75 Å². The average Bonchev–Trinajstić information content (AvgIpc) is 2.25. The SMILES string of the molecule is CCCCNCc1ccncc1OC. The maximum absolute atomic E-state index is 5.20. The van der Waals surface area contributed by atoms with Crippen LogP contribution in [0.4, 0.5) is 0 Å². The van der Waals surface area contributed by atoms with Gasteiger partial charge in [-0.2, -0.15) is 0 Å². The highest BCUT2D eigenvalue weighted by atomic mass is 16.5. The van der Waals surface area contributed by atoms with Gasteiger partial charge in [0.05, 0.1) is 13.3 Å². The van der Waals surface area contributed by atoms with E-state index in [1.807, 2.05) is 6.07 Å². The molecule has 0 spiro atoms. The molecule has 0 aliphatic carbocycles. The van der Waals surface area contributed by atoms with E-state index in [0.29, 0.717) is 0 Å². The molecule has 0 aliphatic rings. The molecule has 0 radical (unpaired) electrons. The summed E-state index contributed by atoms with van der Waals surface area (Å²) in [5, 5.41) is 3.37. The standard InChI is InChI=1S/C11H18N2O/c1-3-4-6-12-8-10-5-7-13-9-11(10)14-2/h5,7,9,12H,3-4,6,8H2,1-2H3. The van der Waals surface area contributed by atoms with Crippen molar-refractivity contribution >= 4 is 0 Å². The summed E-state index contributed by atoms with van der Waals surface area (Å²) in [7, 11) is 1.67. The molecule has 1 N–H and O–H groups in total. The van der Waals surface area contributed by atoms with Crippen LogP contribution in [0.1, 0.15) is 25.3 Å². The van der Waals surface area contributed by atoms with Gasteiger partial charge in [-0.1, -0.05) is 13.3 Å². The van der Waals surface area contributed by atoms with E-state index >= 15 is 0 Å². The Morgan fingerprint density at radius 1 is 1.50 bits per heavy atom. The van der Waals surface area contributed by atoms with Crippen molar-refractivity contribution in [2.75, 3.05) is 13.7 Å². The summed E-state index contributed by atoms with van der Waals surface area (Å²) in [4.78, 5) is 4.01. The lowest BCUT2D eigenvalue weighted by atomic mass is 10.2. The molecule has 3 heteroatoms. The molecule has 0 bridgehead atoms. The van der Waals surface area contributed by atoms with Gasteiger partial charge in [-0.15, -0.1) is 0 Å². The van der Waals surface area contributed by atoms with Crippen molar-refractivity contribution in [3.05, 3.63) is 24.0 Å². The Morgan fingerprint density at radius 3 is 3.07 bits per heavy atom. The van der Waals surface area contributed by atoms with Gasteiger partial charge >= 0.3 is 0 Å². The monoisotopic (exact) mass is 194 g/mol. The van der Waals surface area contributed by atoms with Gasteiger partial charge in [-0.25, -0.2) is 0 Å². The summed E-state index contributed by atoms with van der Waals surface area (Å²) in [6, 6.07) is 1.98. The first-order valence-electron chi connectivity index (χ1n) is 5.06. The first kappa shape index (κ1) is 11.0. The van der Waals surface area contributed by atoms with Gasteiger partial charge in [0.25, 0.3) is 0 Å². The van der Waals surface area contributed by atoms with Crippen molar-refractivity contribution in [3.63, 3.8) is 0 Å². The molecular weight excluding hydrogens is 176 g/mol. The van der Waals surface area contributed by atoms with Crippen molar-refractivity contribution in [1.82, 2.24) is 10.3 Å². The Morgan fingerprint density at radius 2 is 2.36 bits per heavy atom. The van der Waals surface area contributed by atoms with E-state index in [1.54, 1.807) is 19.5 Å². The molecule has 0 aromatic carbocycles. The van der Waals surface area contributed by atoms with E-state index in [9.17, 15) is 0 Å². The van der Waals surface area contributed by atoms with Crippen molar-refractivity contribution < 1.29 is 4.74 Å². The predicted octanol–water partition coefficient (Wildman–Crippen LogP) is 1.98. The molecule has 14 heavy (non-hydrogen) atoms. The highest BCUT2D eigenvalue weighted by Crippen LogP contribution is 2.14. The smallest absolute Gasteiger partial charge is 0.141 e. The lowest BCUT2D eigenvalue weighted by Crippen LogP contribution is -2.15. The fourth-order valence-electron chi connectivity index (χ4n) is 1.26. The van der Waals surface area contributed by atoms with Gasteiger partial charge in [0.15, 0.2) is 0 Å². The quantitative estimate of drug-likeness (QED) is 0.703. The van der Waals surface area contributed by atoms with E-state index in [-0.39, 0.29) is 0 Å². The number of hydrogen-bond donors (Lipinski definition) is 1. The minimum absolute atomic E-state index is 0.853. The molecule has 1 aromatic heterocycles. The fourth-order valence-corrected chi connectivity index (χ4v) is 1.26. The Hall–Kier alpha value is -1.09. The van der Waals surface area contributed by atoms with Crippen LogP contribution in [0.3, 0.4) is 0 Å². The second-order valence-corrected chi connectivity index (χ2v) is 3.22. The van der Waals surface area contributed by atoms with Gasteiger partial charge < -0.3 is 10.1 Å². The average molecular weight is 194 g/mol. The summed E-state index contributed by atoms with van der Waals surface area (Å²) in [5.74, 6) is 0.858. The van der Waals surface area contributed by atoms with Crippen LogP contribution in [0.25, 0.3) is 0 Å². The van der Waals surface area contributed by atoms with E-state index in [1.165, 1.54) is 18.4 Å². The summed E-state index contributed by atoms with van der Waals surface area (Å²) in [5.41, 5.74) is 1.17. The van der Waals surface area contributed by atoms with Crippen LogP contribution in [-0.2, 0) is 6.54 Å². The number of methoxy groups -OCH3 is 1. The second-order valence-electron chi connectivity index (χ2n) is 3.22. The third kappa shape index (κ3) is 3.34. The zero-order valence-electron chi connectivity index (χ0n) is 8.92. The normalized spacial score (nSPS) is 10.1. The first-order chi connectivity index (χ1) is 6.88. The van der Waals surface area contributed by atoms with Gasteiger partial charge in [0.1, 0.15) is 5.75 Å². The molecule has 0 atom stereocenters. The minimum atomic E-state index is 0.853. The molecule has 0 fully saturated rings. The molecule has 1 aromatic rings. The second kappa shape index (κ2) is 6.38.